The Morgan fingerprint density at radius 3 is 2.04 bits per heavy atom. The summed E-state index contributed by atoms with van der Waals surface area (Å²) in [4.78, 5) is 12.7. The Kier molecular flexibility index (Phi) is 4.63. The number of hydrogen-bond acceptors (Lipinski definition) is 2. The highest BCUT2D eigenvalue weighted by Crippen LogP contribution is 2.59. The number of rotatable bonds is 5. The predicted molar refractivity (Wildman–Crippen MR) is 107 cm³/mol. The first kappa shape index (κ1) is 18.0. The van der Waals surface area contributed by atoms with Crippen LogP contribution < -0.4 is 10.6 Å². The van der Waals surface area contributed by atoms with E-state index in [0.717, 1.165) is 41.1 Å². The number of nitrogens with one attached hydrogen (secondary N) is 2. The second kappa shape index (κ2) is 6.67. The highest BCUT2D eigenvalue weighted by Gasteiger charge is 2.50. The number of benzene rings is 1. The molecule has 4 saturated carbocycles. The van der Waals surface area contributed by atoms with Crippen LogP contribution in [0.4, 0.5) is 5.69 Å². The predicted octanol–water partition coefficient (Wildman–Crippen LogP) is 4.74. The monoisotopic (exact) mass is 354 g/mol. The van der Waals surface area contributed by atoms with Gasteiger partial charge in [-0.2, -0.15) is 0 Å². The molecule has 0 spiro atoms. The van der Waals surface area contributed by atoms with Crippen molar-refractivity contribution in [1.29, 1.82) is 0 Å². The smallest absolute Gasteiger partial charge is 0.241 e. The van der Waals surface area contributed by atoms with Gasteiger partial charge in [-0.1, -0.05) is 17.7 Å². The zero-order valence-corrected chi connectivity index (χ0v) is 16.8. The zero-order chi connectivity index (χ0) is 18.5. The molecule has 4 bridgehead atoms. The molecule has 0 aromatic heterocycles. The second-order valence-electron chi connectivity index (χ2n) is 9.78. The molecule has 4 aliphatic rings. The van der Waals surface area contributed by atoms with Crippen LogP contribution in [0.25, 0.3) is 0 Å². The van der Waals surface area contributed by atoms with E-state index in [1.54, 1.807) is 0 Å². The molecule has 3 heteroatoms. The third kappa shape index (κ3) is 3.43. The number of hydrogen-bond donors (Lipinski definition) is 2. The molecule has 3 nitrogen and oxygen atoms in total. The lowest BCUT2D eigenvalue weighted by molar-refractivity contribution is -0.118. The van der Waals surface area contributed by atoms with E-state index in [9.17, 15) is 4.79 Å². The molecule has 1 atom stereocenters. The summed E-state index contributed by atoms with van der Waals surface area (Å²) in [6.45, 7) is 9.26. The van der Waals surface area contributed by atoms with Crippen LogP contribution in [0.1, 0.15) is 62.1 Å². The minimum atomic E-state index is -0.150. The van der Waals surface area contributed by atoms with Gasteiger partial charge in [0, 0.05) is 12.2 Å². The molecule has 1 amide bonds. The summed E-state index contributed by atoms with van der Waals surface area (Å²) < 4.78 is 0. The van der Waals surface area contributed by atoms with Crippen LogP contribution in [0.2, 0.25) is 0 Å². The number of anilines is 1. The first-order chi connectivity index (χ1) is 12.3. The Morgan fingerprint density at radius 1 is 1.04 bits per heavy atom. The Morgan fingerprint density at radius 2 is 1.54 bits per heavy atom. The van der Waals surface area contributed by atoms with Crippen molar-refractivity contribution < 1.29 is 4.79 Å². The van der Waals surface area contributed by atoms with Gasteiger partial charge < -0.3 is 10.6 Å². The quantitative estimate of drug-likeness (QED) is 0.801. The summed E-state index contributed by atoms with van der Waals surface area (Å²) in [6, 6.07) is 4.12. The van der Waals surface area contributed by atoms with Crippen molar-refractivity contribution in [2.24, 2.45) is 23.2 Å². The molecule has 1 aromatic carbocycles. The van der Waals surface area contributed by atoms with Crippen molar-refractivity contribution in [2.75, 3.05) is 11.9 Å². The van der Waals surface area contributed by atoms with E-state index in [1.165, 1.54) is 44.1 Å². The Hall–Kier alpha value is -1.35. The van der Waals surface area contributed by atoms with Gasteiger partial charge in [0.25, 0.3) is 0 Å². The summed E-state index contributed by atoms with van der Waals surface area (Å²) in [5, 5.41) is 6.76. The van der Waals surface area contributed by atoms with Gasteiger partial charge in [-0.25, -0.2) is 0 Å². The molecule has 2 N–H and O–H groups in total. The SMILES string of the molecule is Cc1cc(C)c(NC(=O)[C@H](C)NCC23CC4CC(CC(C4)C2)C3)c(C)c1. The second-order valence-corrected chi connectivity index (χ2v) is 9.78. The molecule has 0 heterocycles. The fraction of sp³-hybridized carbons (Fsp3) is 0.696. The topological polar surface area (TPSA) is 41.1 Å². The van der Waals surface area contributed by atoms with Crippen molar-refractivity contribution in [3.63, 3.8) is 0 Å². The minimum absolute atomic E-state index is 0.0878. The van der Waals surface area contributed by atoms with Gasteiger partial charge >= 0.3 is 0 Å². The van der Waals surface area contributed by atoms with E-state index in [2.05, 4.69) is 43.5 Å². The standard InChI is InChI=1S/C23H34N2O/c1-14-5-15(2)21(16(3)6-14)25-22(26)17(4)24-13-23-10-18-7-19(11-23)9-20(8-18)12-23/h5-6,17-20,24H,7-13H2,1-4H3,(H,25,26)/t17-,18?,19?,20?,23?/m0/s1. The number of amides is 1. The average Bonchev–Trinajstić information content (AvgIpc) is 2.54. The highest BCUT2D eigenvalue weighted by atomic mass is 16.2. The molecule has 5 rings (SSSR count). The van der Waals surface area contributed by atoms with E-state index in [-0.39, 0.29) is 11.9 Å². The third-order valence-electron chi connectivity index (χ3n) is 7.27. The summed E-state index contributed by atoms with van der Waals surface area (Å²) in [5.41, 5.74) is 4.97. The molecule has 0 saturated heterocycles. The van der Waals surface area contributed by atoms with E-state index in [0.29, 0.717) is 5.41 Å². The van der Waals surface area contributed by atoms with Gasteiger partial charge in [0.05, 0.1) is 6.04 Å². The summed E-state index contributed by atoms with van der Waals surface area (Å²) in [6.07, 6.45) is 8.58. The summed E-state index contributed by atoms with van der Waals surface area (Å²) in [7, 11) is 0. The summed E-state index contributed by atoms with van der Waals surface area (Å²) in [5.74, 6) is 2.98. The van der Waals surface area contributed by atoms with E-state index in [4.69, 9.17) is 0 Å². The van der Waals surface area contributed by atoms with Gasteiger partial charge in [0.2, 0.25) is 5.91 Å². The largest absolute Gasteiger partial charge is 0.324 e. The Bertz CT molecular complexity index is 650. The van der Waals surface area contributed by atoms with Crippen LogP contribution in [-0.4, -0.2) is 18.5 Å². The Labute approximate surface area is 158 Å². The first-order valence-corrected chi connectivity index (χ1v) is 10.5. The van der Waals surface area contributed by atoms with Crippen LogP contribution in [0.3, 0.4) is 0 Å². The van der Waals surface area contributed by atoms with E-state index < -0.39 is 0 Å². The highest BCUT2D eigenvalue weighted by molar-refractivity contribution is 5.95. The lowest BCUT2D eigenvalue weighted by Gasteiger charge is -2.57. The molecule has 4 aliphatic carbocycles. The van der Waals surface area contributed by atoms with Crippen molar-refractivity contribution >= 4 is 11.6 Å². The van der Waals surface area contributed by atoms with Crippen LogP contribution in [0.5, 0.6) is 0 Å². The van der Waals surface area contributed by atoms with Gasteiger partial charge in [-0.05, 0) is 101 Å². The van der Waals surface area contributed by atoms with E-state index >= 15 is 0 Å². The molecule has 26 heavy (non-hydrogen) atoms. The van der Waals surface area contributed by atoms with Crippen LogP contribution in [-0.2, 0) is 4.79 Å². The van der Waals surface area contributed by atoms with Crippen LogP contribution >= 0.6 is 0 Å². The first-order valence-electron chi connectivity index (χ1n) is 10.5. The van der Waals surface area contributed by atoms with Crippen molar-refractivity contribution in [1.82, 2.24) is 5.32 Å². The van der Waals surface area contributed by atoms with Crippen molar-refractivity contribution in [3.8, 4) is 0 Å². The molecule has 0 radical (unpaired) electrons. The van der Waals surface area contributed by atoms with Gasteiger partial charge in [0.15, 0.2) is 0 Å². The van der Waals surface area contributed by atoms with Gasteiger partial charge in [-0.15, -0.1) is 0 Å². The maximum Gasteiger partial charge on any atom is 0.241 e. The maximum atomic E-state index is 12.7. The summed E-state index contributed by atoms with van der Waals surface area (Å²) >= 11 is 0. The molecule has 1 aromatic rings. The average molecular weight is 355 g/mol. The lowest BCUT2D eigenvalue weighted by atomic mass is 9.49. The molecule has 0 unspecified atom stereocenters. The van der Waals surface area contributed by atoms with Gasteiger partial charge in [-0.3, -0.25) is 4.79 Å². The fourth-order valence-corrected chi connectivity index (χ4v) is 6.58. The third-order valence-corrected chi connectivity index (χ3v) is 7.27. The minimum Gasteiger partial charge on any atom is -0.324 e. The van der Waals surface area contributed by atoms with Crippen LogP contribution in [0, 0.1) is 43.9 Å². The lowest BCUT2D eigenvalue weighted by Crippen LogP contribution is -2.52. The number of carbonyl (C=O) groups excluding carboxylic acids is 1. The molecule has 4 fully saturated rings. The Balaban J connectivity index is 1.37. The molecular formula is C23H34N2O. The van der Waals surface area contributed by atoms with Crippen molar-refractivity contribution in [2.45, 2.75) is 72.3 Å². The van der Waals surface area contributed by atoms with Crippen LogP contribution in [0.15, 0.2) is 12.1 Å². The van der Waals surface area contributed by atoms with Crippen molar-refractivity contribution in [3.05, 3.63) is 28.8 Å². The molecule has 0 aliphatic heterocycles. The van der Waals surface area contributed by atoms with Gasteiger partial charge in [0.1, 0.15) is 0 Å². The molecule has 142 valence electrons. The molecular weight excluding hydrogens is 320 g/mol. The fourth-order valence-electron chi connectivity index (χ4n) is 6.58. The zero-order valence-electron chi connectivity index (χ0n) is 16.8. The number of carbonyl (C=O) groups is 1. The van der Waals surface area contributed by atoms with E-state index in [1.807, 2.05) is 6.92 Å². The normalized spacial score (nSPS) is 33.3. The number of aryl methyl sites for hydroxylation is 3. The maximum absolute atomic E-state index is 12.7.